The Morgan fingerprint density at radius 3 is 2.71 bits per heavy atom. The molecule has 0 aliphatic rings. The highest BCUT2D eigenvalue weighted by Crippen LogP contribution is 2.17. The lowest BCUT2D eigenvalue weighted by atomic mass is 10.1. The second-order valence-electron chi connectivity index (χ2n) is 5.33. The van der Waals surface area contributed by atoms with Gasteiger partial charge in [-0.15, -0.1) is 0 Å². The number of nitrogens with zero attached hydrogens (tertiary/aromatic N) is 1. The summed E-state index contributed by atoms with van der Waals surface area (Å²) < 4.78 is 5.42. The predicted octanol–water partition coefficient (Wildman–Crippen LogP) is 2.13. The van der Waals surface area contributed by atoms with Crippen molar-refractivity contribution in [2.24, 2.45) is 5.84 Å². The minimum absolute atomic E-state index is 0.244. The van der Waals surface area contributed by atoms with E-state index in [2.05, 4.69) is 41.5 Å². The highest BCUT2D eigenvalue weighted by molar-refractivity contribution is 5.91. The third kappa shape index (κ3) is 3.93. The lowest BCUT2D eigenvalue weighted by Crippen LogP contribution is -2.29. The van der Waals surface area contributed by atoms with Gasteiger partial charge in [-0.2, -0.15) is 0 Å². The standard InChI is InChI=1S/C16H21N3O2/c1-11-5-4-6-13(7-11)9-19(3)10-14-8-15(16(20)18-17)21-12(14)2/h4-8H,9-10,17H2,1-3H3,(H,18,20). The van der Waals surface area contributed by atoms with Gasteiger partial charge in [0.25, 0.3) is 0 Å². The van der Waals surface area contributed by atoms with Gasteiger partial charge in [-0.1, -0.05) is 29.8 Å². The minimum atomic E-state index is -0.411. The van der Waals surface area contributed by atoms with Crippen LogP contribution in [0.2, 0.25) is 0 Å². The first kappa shape index (κ1) is 15.3. The number of carbonyl (C=O) groups excluding carboxylic acids is 1. The monoisotopic (exact) mass is 287 g/mol. The third-order valence-corrected chi connectivity index (χ3v) is 3.35. The molecule has 1 heterocycles. The van der Waals surface area contributed by atoms with Gasteiger partial charge in [0, 0.05) is 18.7 Å². The minimum Gasteiger partial charge on any atom is -0.456 e. The molecule has 2 aromatic rings. The van der Waals surface area contributed by atoms with Crippen LogP contribution in [0.5, 0.6) is 0 Å². The molecule has 0 aliphatic heterocycles. The lowest BCUT2D eigenvalue weighted by molar-refractivity contribution is 0.0924. The molecule has 0 saturated carbocycles. The lowest BCUT2D eigenvalue weighted by Gasteiger charge is -2.16. The van der Waals surface area contributed by atoms with Crippen molar-refractivity contribution in [1.29, 1.82) is 0 Å². The largest absolute Gasteiger partial charge is 0.456 e. The van der Waals surface area contributed by atoms with Gasteiger partial charge in [-0.25, -0.2) is 5.84 Å². The van der Waals surface area contributed by atoms with Gasteiger partial charge in [0.2, 0.25) is 0 Å². The van der Waals surface area contributed by atoms with E-state index in [4.69, 9.17) is 10.3 Å². The fourth-order valence-electron chi connectivity index (χ4n) is 2.33. The summed E-state index contributed by atoms with van der Waals surface area (Å²) in [7, 11) is 2.04. The number of aryl methyl sites for hydroxylation is 2. The van der Waals surface area contributed by atoms with Gasteiger partial charge in [0.15, 0.2) is 5.76 Å². The number of nitrogens with two attached hydrogens (primary N) is 1. The zero-order chi connectivity index (χ0) is 15.4. The maximum Gasteiger partial charge on any atom is 0.300 e. The Kier molecular flexibility index (Phi) is 4.77. The summed E-state index contributed by atoms with van der Waals surface area (Å²) in [6.07, 6.45) is 0. The molecule has 0 bridgehead atoms. The maximum absolute atomic E-state index is 11.4. The van der Waals surface area contributed by atoms with Crippen LogP contribution in [-0.2, 0) is 13.1 Å². The molecule has 1 amide bonds. The van der Waals surface area contributed by atoms with Crippen molar-refractivity contribution >= 4 is 5.91 Å². The highest BCUT2D eigenvalue weighted by atomic mass is 16.4. The van der Waals surface area contributed by atoms with Crippen LogP contribution in [0.3, 0.4) is 0 Å². The van der Waals surface area contributed by atoms with Crippen LogP contribution in [0.25, 0.3) is 0 Å². The first-order valence-corrected chi connectivity index (χ1v) is 6.84. The van der Waals surface area contributed by atoms with Crippen molar-refractivity contribution in [1.82, 2.24) is 10.3 Å². The van der Waals surface area contributed by atoms with E-state index >= 15 is 0 Å². The average molecular weight is 287 g/mol. The number of nitrogen functional groups attached to an aromatic ring is 1. The normalized spacial score (nSPS) is 10.9. The molecule has 112 valence electrons. The van der Waals surface area contributed by atoms with E-state index in [0.717, 1.165) is 17.9 Å². The SMILES string of the molecule is Cc1cccc(CN(C)Cc2cc(C(=O)NN)oc2C)c1. The molecule has 5 nitrogen and oxygen atoms in total. The topological polar surface area (TPSA) is 71.5 Å². The summed E-state index contributed by atoms with van der Waals surface area (Å²) >= 11 is 0. The van der Waals surface area contributed by atoms with E-state index in [1.165, 1.54) is 11.1 Å². The number of benzene rings is 1. The van der Waals surface area contributed by atoms with Crippen LogP contribution >= 0.6 is 0 Å². The van der Waals surface area contributed by atoms with E-state index in [1.54, 1.807) is 6.07 Å². The maximum atomic E-state index is 11.4. The highest BCUT2D eigenvalue weighted by Gasteiger charge is 2.14. The molecule has 0 unspecified atom stereocenters. The summed E-state index contributed by atoms with van der Waals surface area (Å²) in [5, 5.41) is 0. The smallest absolute Gasteiger partial charge is 0.300 e. The van der Waals surface area contributed by atoms with Gasteiger partial charge < -0.3 is 4.42 Å². The first-order chi connectivity index (χ1) is 9.99. The van der Waals surface area contributed by atoms with Gasteiger partial charge >= 0.3 is 5.91 Å². The van der Waals surface area contributed by atoms with Crippen molar-refractivity contribution in [2.75, 3.05) is 7.05 Å². The Hall–Kier alpha value is -2.11. The number of hydrogen-bond acceptors (Lipinski definition) is 4. The van der Waals surface area contributed by atoms with E-state index in [-0.39, 0.29) is 5.76 Å². The number of hydrazine groups is 1. The van der Waals surface area contributed by atoms with Gasteiger partial charge in [-0.3, -0.25) is 15.1 Å². The number of hydrogen-bond donors (Lipinski definition) is 2. The van der Waals surface area contributed by atoms with E-state index in [0.29, 0.717) is 6.54 Å². The fraction of sp³-hybridized carbons (Fsp3) is 0.312. The Bertz CT molecular complexity index is 634. The van der Waals surface area contributed by atoms with Crippen LogP contribution in [0.15, 0.2) is 34.7 Å². The van der Waals surface area contributed by atoms with Gasteiger partial charge in [0.1, 0.15) is 5.76 Å². The zero-order valence-electron chi connectivity index (χ0n) is 12.6. The molecule has 21 heavy (non-hydrogen) atoms. The van der Waals surface area contributed by atoms with E-state index < -0.39 is 5.91 Å². The predicted molar refractivity (Wildman–Crippen MR) is 81.4 cm³/mol. The Labute approximate surface area is 124 Å². The molecule has 0 radical (unpaired) electrons. The van der Waals surface area contributed by atoms with Crippen molar-refractivity contribution in [3.05, 3.63) is 58.5 Å². The van der Waals surface area contributed by atoms with E-state index in [1.807, 2.05) is 14.0 Å². The van der Waals surface area contributed by atoms with Crippen LogP contribution in [-0.4, -0.2) is 17.9 Å². The summed E-state index contributed by atoms with van der Waals surface area (Å²) in [6, 6.07) is 10.2. The third-order valence-electron chi connectivity index (χ3n) is 3.35. The first-order valence-electron chi connectivity index (χ1n) is 6.84. The molecular formula is C16H21N3O2. The molecule has 0 spiro atoms. The van der Waals surface area contributed by atoms with Crippen molar-refractivity contribution in [2.45, 2.75) is 26.9 Å². The Morgan fingerprint density at radius 2 is 2.05 bits per heavy atom. The second-order valence-corrected chi connectivity index (χ2v) is 5.33. The number of furan rings is 1. The van der Waals surface area contributed by atoms with Crippen molar-refractivity contribution < 1.29 is 9.21 Å². The summed E-state index contributed by atoms with van der Waals surface area (Å²) in [5.41, 5.74) is 5.58. The molecule has 0 saturated heterocycles. The van der Waals surface area contributed by atoms with Crippen LogP contribution in [0, 0.1) is 13.8 Å². The number of nitrogens with one attached hydrogen (secondary N) is 1. The quantitative estimate of drug-likeness (QED) is 0.502. The van der Waals surface area contributed by atoms with Crippen LogP contribution in [0.1, 0.15) is 33.0 Å². The molecule has 0 fully saturated rings. The molecule has 5 heteroatoms. The molecule has 1 aromatic carbocycles. The second kappa shape index (κ2) is 6.56. The van der Waals surface area contributed by atoms with Crippen molar-refractivity contribution in [3.63, 3.8) is 0 Å². The van der Waals surface area contributed by atoms with Gasteiger partial charge in [0.05, 0.1) is 0 Å². The van der Waals surface area contributed by atoms with Gasteiger partial charge in [-0.05, 0) is 32.5 Å². The molecule has 3 N–H and O–H groups in total. The summed E-state index contributed by atoms with van der Waals surface area (Å²) in [4.78, 5) is 13.6. The molecular weight excluding hydrogens is 266 g/mol. The number of rotatable bonds is 5. The molecule has 0 atom stereocenters. The summed E-state index contributed by atoms with van der Waals surface area (Å²) in [5.74, 6) is 5.68. The number of carbonyl (C=O) groups is 1. The average Bonchev–Trinajstić information content (AvgIpc) is 2.79. The molecule has 2 rings (SSSR count). The van der Waals surface area contributed by atoms with E-state index in [9.17, 15) is 4.79 Å². The van der Waals surface area contributed by atoms with Crippen LogP contribution in [0.4, 0.5) is 0 Å². The Balaban J connectivity index is 2.04. The Morgan fingerprint density at radius 1 is 1.29 bits per heavy atom. The molecule has 1 aromatic heterocycles. The van der Waals surface area contributed by atoms with Crippen LogP contribution < -0.4 is 11.3 Å². The fourth-order valence-corrected chi connectivity index (χ4v) is 2.33. The number of amides is 1. The zero-order valence-corrected chi connectivity index (χ0v) is 12.6. The molecule has 0 aliphatic carbocycles. The summed E-state index contributed by atoms with van der Waals surface area (Å²) in [6.45, 7) is 5.48. The van der Waals surface area contributed by atoms with Crippen molar-refractivity contribution in [3.8, 4) is 0 Å².